The highest BCUT2D eigenvalue weighted by atomic mass is 32.2. The molecule has 0 aliphatic carbocycles. The van der Waals surface area contributed by atoms with Crippen molar-refractivity contribution >= 4 is 9.84 Å². The van der Waals surface area contributed by atoms with Crippen molar-refractivity contribution in [2.45, 2.75) is 13.0 Å². The van der Waals surface area contributed by atoms with Gasteiger partial charge in [-0.1, -0.05) is 17.9 Å². The van der Waals surface area contributed by atoms with Crippen LogP contribution < -0.4 is 0 Å². The number of nitrogens with zero attached hydrogens (tertiary/aromatic N) is 1. The Labute approximate surface area is 125 Å². The van der Waals surface area contributed by atoms with Gasteiger partial charge in [0, 0.05) is 31.3 Å². The lowest BCUT2D eigenvalue weighted by Gasteiger charge is -2.17. The van der Waals surface area contributed by atoms with Gasteiger partial charge in [-0.15, -0.1) is 0 Å². The highest BCUT2D eigenvalue weighted by Crippen LogP contribution is 2.12. The van der Waals surface area contributed by atoms with Crippen molar-refractivity contribution in [1.29, 1.82) is 0 Å². The van der Waals surface area contributed by atoms with Crippen LogP contribution in [0.2, 0.25) is 0 Å². The molecule has 1 N–H and O–H groups in total. The standard InChI is InChI=1S/C15H20FNO3S/c1-17(8-10-21(2,19)20)12-14-6-7-15(16)11-13(14)5-3-4-9-18/h6-7,11,18H,4,8-10,12H2,1-2H3. The average molecular weight is 313 g/mol. The van der Waals surface area contributed by atoms with Gasteiger partial charge >= 0.3 is 0 Å². The van der Waals surface area contributed by atoms with Gasteiger partial charge in [-0.25, -0.2) is 12.8 Å². The molecule has 6 heteroatoms. The number of sulfone groups is 1. The van der Waals surface area contributed by atoms with E-state index in [1.54, 1.807) is 13.1 Å². The topological polar surface area (TPSA) is 57.6 Å². The largest absolute Gasteiger partial charge is 0.395 e. The van der Waals surface area contributed by atoms with Crippen molar-refractivity contribution in [2.75, 3.05) is 32.2 Å². The molecule has 0 aliphatic rings. The van der Waals surface area contributed by atoms with Crippen LogP contribution in [0.15, 0.2) is 18.2 Å². The van der Waals surface area contributed by atoms with E-state index < -0.39 is 9.84 Å². The zero-order chi connectivity index (χ0) is 15.9. The molecule has 116 valence electrons. The van der Waals surface area contributed by atoms with E-state index in [0.717, 1.165) is 5.56 Å². The third-order valence-electron chi connectivity index (χ3n) is 2.82. The molecule has 0 atom stereocenters. The monoisotopic (exact) mass is 313 g/mol. The maximum atomic E-state index is 13.3. The third kappa shape index (κ3) is 7.23. The minimum atomic E-state index is -3.00. The summed E-state index contributed by atoms with van der Waals surface area (Å²) in [6, 6.07) is 4.36. The summed E-state index contributed by atoms with van der Waals surface area (Å²) in [4.78, 5) is 1.85. The van der Waals surface area contributed by atoms with Gasteiger partial charge in [-0.3, -0.25) is 0 Å². The summed E-state index contributed by atoms with van der Waals surface area (Å²) in [6.07, 6.45) is 1.53. The van der Waals surface area contributed by atoms with E-state index in [1.807, 2.05) is 4.90 Å². The maximum Gasteiger partial charge on any atom is 0.148 e. The summed E-state index contributed by atoms with van der Waals surface area (Å²) in [7, 11) is -1.20. The second-order valence-electron chi connectivity index (χ2n) is 4.94. The van der Waals surface area contributed by atoms with Gasteiger partial charge < -0.3 is 10.0 Å². The smallest absolute Gasteiger partial charge is 0.148 e. The summed E-state index contributed by atoms with van der Waals surface area (Å²) in [6.45, 7) is 0.852. The molecule has 1 rings (SSSR count). The normalized spacial score (nSPS) is 11.3. The molecule has 21 heavy (non-hydrogen) atoms. The van der Waals surface area contributed by atoms with Crippen molar-refractivity contribution < 1.29 is 17.9 Å². The molecule has 0 fully saturated rings. The predicted molar refractivity (Wildman–Crippen MR) is 81.0 cm³/mol. The van der Waals surface area contributed by atoms with Crippen molar-refractivity contribution in [3.63, 3.8) is 0 Å². The number of aliphatic hydroxyl groups is 1. The van der Waals surface area contributed by atoms with Crippen LogP contribution in [0.3, 0.4) is 0 Å². The molecule has 0 saturated carbocycles. The maximum absolute atomic E-state index is 13.3. The van der Waals surface area contributed by atoms with Crippen LogP contribution >= 0.6 is 0 Å². The first-order chi connectivity index (χ1) is 9.81. The number of hydrogen-bond donors (Lipinski definition) is 1. The first-order valence-electron chi connectivity index (χ1n) is 6.56. The second-order valence-corrected chi connectivity index (χ2v) is 7.20. The van der Waals surface area contributed by atoms with Gasteiger partial charge in [-0.2, -0.15) is 0 Å². The molecule has 0 bridgehead atoms. The Kier molecular flexibility index (Phi) is 6.82. The molecule has 0 spiro atoms. The Morgan fingerprint density at radius 3 is 2.71 bits per heavy atom. The highest BCUT2D eigenvalue weighted by Gasteiger charge is 2.09. The van der Waals surface area contributed by atoms with E-state index in [-0.39, 0.29) is 18.2 Å². The first kappa shape index (κ1) is 17.6. The van der Waals surface area contributed by atoms with Crippen molar-refractivity contribution in [2.24, 2.45) is 0 Å². The van der Waals surface area contributed by atoms with Gasteiger partial charge in [0.05, 0.1) is 12.4 Å². The van der Waals surface area contributed by atoms with Gasteiger partial charge in [0.15, 0.2) is 0 Å². The van der Waals surface area contributed by atoms with Crippen LogP contribution in [0.5, 0.6) is 0 Å². The van der Waals surface area contributed by atoms with E-state index in [2.05, 4.69) is 11.8 Å². The molecule has 0 heterocycles. The number of hydrogen-bond acceptors (Lipinski definition) is 4. The SMILES string of the molecule is CN(CCS(C)(=O)=O)Cc1ccc(F)cc1C#CCCO. The Morgan fingerprint density at radius 1 is 1.38 bits per heavy atom. The lowest BCUT2D eigenvalue weighted by molar-refractivity contribution is 0.305. The summed E-state index contributed by atoms with van der Waals surface area (Å²) < 4.78 is 35.6. The number of benzene rings is 1. The zero-order valence-electron chi connectivity index (χ0n) is 12.3. The summed E-state index contributed by atoms with van der Waals surface area (Å²) in [5.74, 6) is 5.32. The quantitative estimate of drug-likeness (QED) is 0.797. The van der Waals surface area contributed by atoms with Crippen molar-refractivity contribution in [3.05, 3.63) is 35.1 Å². The zero-order valence-corrected chi connectivity index (χ0v) is 13.1. The fourth-order valence-corrected chi connectivity index (χ4v) is 2.35. The molecule has 0 aliphatic heterocycles. The minimum absolute atomic E-state index is 0.0358. The summed E-state index contributed by atoms with van der Waals surface area (Å²) in [5.41, 5.74) is 1.40. The van der Waals surface area contributed by atoms with Gasteiger partial charge in [0.2, 0.25) is 0 Å². The van der Waals surface area contributed by atoms with Crippen LogP contribution in [-0.2, 0) is 16.4 Å². The molecule has 4 nitrogen and oxygen atoms in total. The average Bonchev–Trinajstić information content (AvgIpc) is 2.39. The van der Waals surface area contributed by atoms with Crippen LogP contribution in [0.1, 0.15) is 17.5 Å². The highest BCUT2D eigenvalue weighted by molar-refractivity contribution is 7.90. The van der Waals surface area contributed by atoms with Crippen molar-refractivity contribution in [1.82, 2.24) is 4.90 Å². The van der Waals surface area contributed by atoms with Crippen molar-refractivity contribution in [3.8, 4) is 11.8 Å². The molecule has 1 aromatic rings. The van der Waals surface area contributed by atoms with Crippen LogP contribution in [0.25, 0.3) is 0 Å². The number of aliphatic hydroxyl groups excluding tert-OH is 1. The molecule has 0 unspecified atom stereocenters. The van der Waals surface area contributed by atoms with Gasteiger partial charge in [0.1, 0.15) is 15.7 Å². The molecule has 0 saturated heterocycles. The first-order valence-corrected chi connectivity index (χ1v) is 8.62. The number of halogens is 1. The van der Waals surface area contributed by atoms with Gasteiger partial charge in [-0.05, 0) is 24.7 Å². The van der Waals surface area contributed by atoms with Crippen LogP contribution in [0, 0.1) is 17.7 Å². The Hall–Kier alpha value is -1.42. The fraction of sp³-hybridized carbons (Fsp3) is 0.467. The Morgan fingerprint density at radius 2 is 2.10 bits per heavy atom. The minimum Gasteiger partial charge on any atom is -0.395 e. The Bertz CT molecular complexity index is 632. The van der Waals surface area contributed by atoms with Crippen LogP contribution in [0.4, 0.5) is 4.39 Å². The van der Waals surface area contributed by atoms with E-state index in [0.29, 0.717) is 25.1 Å². The van der Waals surface area contributed by atoms with E-state index in [1.165, 1.54) is 18.4 Å². The molecular formula is C15H20FNO3S. The molecule has 0 amide bonds. The lowest BCUT2D eigenvalue weighted by Crippen LogP contribution is -2.25. The lowest BCUT2D eigenvalue weighted by atomic mass is 10.1. The summed E-state index contributed by atoms with van der Waals surface area (Å²) >= 11 is 0. The van der Waals surface area contributed by atoms with Gasteiger partial charge in [0.25, 0.3) is 0 Å². The third-order valence-corrected chi connectivity index (χ3v) is 3.74. The van der Waals surface area contributed by atoms with E-state index in [9.17, 15) is 12.8 Å². The predicted octanol–water partition coefficient (Wildman–Crippen LogP) is 1.04. The summed E-state index contributed by atoms with van der Waals surface area (Å²) in [5, 5.41) is 8.72. The molecule has 1 aromatic carbocycles. The second kappa shape index (κ2) is 8.13. The van der Waals surface area contributed by atoms with Crippen LogP contribution in [-0.4, -0.2) is 50.6 Å². The fourth-order valence-electron chi connectivity index (χ4n) is 1.71. The molecule has 0 radical (unpaired) electrons. The number of rotatable bonds is 6. The van der Waals surface area contributed by atoms with E-state index in [4.69, 9.17) is 5.11 Å². The van der Waals surface area contributed by atoms with E-state index >= 15 is 0 Å². The Balaban J connectivity index is 2.80. The molecular weight excluding hydrogens is 293 g/mol. The molecule has 0 aromatic heterocycles.